The minimum absolute atomic E-state index is 0.487. The van der Waals surface area contributed by atoms with E-state index in [0.29, 0.717) is 5.41 Å². The fraction of sp³-hybridized carbons (Fsp3) is 1.00. The zero-order valence-corrected chi connectivity index (χ0v) is 14.8. The quantitative estimate of drug-likeness (QED) is 0.791. The smallest absolute Gasteiger partial charge is 0.00191 e. The second kappa shape index (κ2) is 8.38. The molecule has 1 aliphatic rings. The fourth-order valence-corrected chi connectivity index (χ4v) is 3.33. The highest BCUT2D eigenvalue weighted by atomic mass is 15.1. The molecule has 0 radical (unpaired) electrons. The Morgan fingerprint density at radius 3 is 2.35 bits per heavy atom. The van der Waals surface area contributed by atoms with Crippen molar-refractivity contribution in [1.29, 1.82) is 0 Å². The maximum atomic E-state index is 3.60. The van der Waals surface area contributed by atoms with Crippen LogP contribution in [0.3, 0.4) is 0 Å². The fourth-order valence-electron chi connectivity index (χ4n) is 3.33. The van der Waals surface area contributed by atoms with Crippen LogP contribution in [0.2, 0.25) is 0 Å². The largest absolute Gasteiger partial charge is 0.316 e. The molecule has 2 unspecified atom stereocenters. The molecular weight excluding hydrogens is 244 g/mol. The Hall–Kier alpha value is -0.0800. The van der Waals surface area contributed by atoms with Crippen LogP contribution in [-0.2, 0) is 0 Å². The molecule has 1 fully saturated rings. The Labute approximate surface area is 127 Å². The number of rotatable bonds is 6. The van der Waals surface area contributed by atoms with Gasteiger partial charge >= 0.3 is 0 Å². The van der Waals surface area contributed by atoms with Gasteiger partial charge in [0.2, 0.25) is 0 Å². The summed E-state index contributed by atoms with van der Waals surface area (Å²) in [6, 6.07) is 0. The predicted octanol–water partition coefficient (Wildman–Crippen LogP) is 4.02. The predicted molar refractivity (Wildman–Crippen MR) is 90.1 cm³/mol. The molecular formula is C18H38N2. The molecule has 0 aromatic heterocycles. The Morgan fingerprint density at radius 2 is 1.75 bits per heavy atom. The Balaban J connectivity index is 2.27. The first-order valence-corrected chi connectivity index (χ1v) is 8.72. The molecule has 2 atom stereocenters. The average Bonchev–Trinajstić information content (AvgIpc) is 2.53. The van der Waals surface area contributed by atoms with Crippen molar-refractivity contribution in [3.8, 4) is 0 Å². The van der Waals surface area contributed by atoms with Gasteiger partial charge in [-0.05, 0) is 68.6 Å². The maximum absolute atomic E-state index is 3.60. The van der Waals surface area contributed by atoms with Crippen LogP contribution in [-0.4, -0.2) is 37.6 Å². The highest BCUT2D eigenvalue weighted by molar-refractivity contribution is 4.79. The van der Waals surface area contributed by atoms with E-state index in [2.05, 4.69) is 51.8 Å². The average molecular weight is 283 g/mol. The van der Waals surface area contributed by atoms with Crippen LogP contribution in [0.1, 0.15) is 60.8 Å². The van der Waals surface area contributed by atoms with Crippen LogP contribution >= 0.6 is 0 Å². The number of nitrogens with one attached hydrogen (secondary N) is 1. The monoisotopic (exact) mass is 282 g/mol. The van der Waals surface area contributed by atoms with E-state index in [0.717, 1.165) is 30.8 Å². The summed E-state index contributed by atoms with van der Waals surface area (Å²) in [4.78, 5) is 2.70. The van der Waals surface area contributed by atoms with E-state index in [4.69, 9.17) is 0 Å². The van der Waals surface area contributed by atoms with Crippen LogP contribution in [0.4, 0.5) is 0 Å². The summed E-state index contributed by atoms with van der Waals surface area (Å²) in [6.45, 7) is 20.4. The van der Waals surface area contributed by atoms with Gasteiger partial charge in [0.1, 0.15) is 0 Å². The van der Waals surface area contributed by atoms with E-state index in [9.17, 15) is 0 Å². The first-order valence-electron chi connectivity index (χ1n) is 8.72. The lowest BCUT2D eigenvalue weighted by atomic mass is 9.77. The molecule has 0 saturated carbocycles. The van der Waals surface area contributed by atoms with Crippen molar-refractivity contribution in [3.05, 3.63) is 0 Å². The second-order valence-corrected chi connectivity index (χ2v) is 8.45. The van der Waals surface area contributed by atoms with Crippen LogP contribution in [0, 0.1) is 23.2 Å². The molecule has 2 nitrogen and oxygen atoms in total. The Bertz CT molecular complexity index is 255. The van der Waals surface area contributed by atoms with Gasteiger partial charge in [0.25, 0.3) is 0 Å². The van der Waals surface area contributed by atoms with Crippen LogP contribution in [0.15, 0.2) is 0 Å². The number of hydrogen-bond donors (Lipinski definition) is 1. The molecule has 0 spiro atoms. The van der Waals surface area contributed by atoms with Crippen LogP contribution in [0.5, 0.6) is 0 Å². The van der Waals surface area contributed by atoms with Gasteiger partial charge in [0, 0.05) is 6.54 Å². The van der Waals surface area contributed by atoms with Crippen molar-refractivity contribution in [2.24, 2.45) is 23.2 Å². The van der Waals surface area contributed by atoms with E-state index >= 15 is 0 Å². The molecule has 1 heterocycles. The van der Waals surface area contributed by atoms with Gasteiger partial charge in [-0.1, -0.05) is 41.5 Å². The van der Waals surface area contributed by atoms with Crippen molar-refractivity contribution in [1.82, 2.24) is 10.2 Å². The maximum Gasteiger partial charge on any atom is 0.00191 e. The lowest BCUT2D eigenvalue weighted by Crippen LogP contribution is -2.35. The van der Waals surface area contributed by atoms with Crippen molar-refractivity contribution in [2.75, 3.05) is 32.7 Å². The van der Waals surface area contributed by atoms with E-state index in [1.165, 1.54) is 38.9 Å². The summed E-state index contributed by atoms with van der Waals surface area (Å²) < 4.78 is 0. The van der Waals surface area contributed by atoms with Gasteiger partial charge < -0.3 is 10.2 Å². The molecule has 0 amide bonds. The van der Waals surface area contributed by atoms with Crippen molar-refractivity contribution < 1.29 is 0 Å². The third-order valence-corrected chi connectivity index (χ3v) is 4.66. The molecule has 0 aliphatic carbocycles. The molecule has 1 N–H and O–H groups in total. The normalized spacial score (nSPS) is 23.9. The third kappa shape index (κ3) is 7.08. The van der Waals surface area contributed by atoms with Gasteiger partial charge in [-0.15, -0.1) is 0 Å². The highest BCUT2D eigenvalue weighted by Crippen LogP contribution is 2.34. The van der Waals surface area contributed by atoms with Crippen molar-refractivity contribution in [3.63, 3.8) is 0 Å². The molecule has 120 valence electrons. The van der Waals surface area contributed by atoms with E-state index in [1.54, 1.807) is 0 Å². The van der Waals surface area contributed by atoms with Gasteiger partial charge in [0.15, 0.2) is 0 Å². The Morgan fingerprint density at radius 1 is 1.05 bits per heavy atom. The standard InChI is InChI=1S/C18H38N2/c1-15(2)12-19-13-16(3)14-20-10-7-8-17(9-11-20)18(4,5)6/h15-17,19H,7-14H2,1-6H3. The summed E-state index contributed by atoms with van der Waals surface area (Å²) in [7, 11) is 0. The minimum Gasteiger partial charge on any atom is -0.316 e. The van der Waals surface area contributed by atoms with Crippen LogP contribution < -0.4 is 5.32 Å². The van der Waals surface area contributed by atoms with E-state index < -0.39 is 0 Å². The molecule has 20 heavy (non-hydrogen) atoms. The molecule has 1 aliphatic heterocycles. The summed E-state index contributed by atoms with van der Waals surface area (Å²) in [5.41, 5.74) is 0.487. The number of likely N-dealkylation sites (tertiary alicyclic amines) is 1. The van der Waals surface area contributed by atoms with Gasteiger partial charge in [0.05, 0.1) is 0 Å². The van der Waals surface area contributed by atoms with Gasteiger partial charge in [-0.2, -0.15) is 0 Å². The van der Waals surface area contributed by atoms with Gasteiger partial charge in [-0.3, -0.25) is 0 Å². The summed E-state index contributed by atoms with van der Waals surface area (Å²) in [5, 5.41) is 3.60. The molecule has 2 heteroatoms. The van der Waals surface area contributed by atoms with E-state index in [1.807, 2.05) is 0 Å². The molecule has 0 aromatic carbocycles. The van der Waals surface area contributed by atoms with Gasteiger partial charge in [-0.25, -0.2) is 0 Å². The molecule has 0 bridgehead atoms. The second-order valence-electron chi connectivity index (χ2n) is 8.45. The summed E-state index contributed by atoms with van der Waals surface area (Å²) >= 11 is 0. The first-order chi connectivity index (χ1) is 9.29. The molecule has 1 rings (SSSR count). The lowest BCUT2D eigenvalue weighted by molar-refractivity contribution is 0.200. The number of nitrogens with zero attached hydrogens (tertiary/aromatic N) is 1. The zero-order chi connectivity index (χ0) is 15.2. The number of hydrogen-bond acceptors (Lipinski definition) is 2. The topological polar surface area (TPSA) is 15.3 Å². The summed E-state index contributed by atoms with van der Waals surface area (Å²) in [6.07, 6.45) is 4.18. The summed E-state index contributed by atoms with van der Waals surface area (Å²) in [5.74, 6) is 2.43. The molecule has 1 saturated heterocycles. The van der Waals surface area contributed by atoms with Crippen molar-refractivity contribution >= 4 is 0 Å². The molecule has 0 aromatic rings. The first kappa shape index (κ1) is 18.0. The highest BCUT2D eigenvalue weighted by Gasteiger charge is 2.27. The van der Waals surface area contributed by atoms with Crippen LogP contribution in [0.25, 0.3) is 0 Å². The lowest BCUT2D eigenvalue weighted by Gasteiger charge is -2.30. The van der Waals surface area contributed by atoms with Crippen molar-refractivity contribution in [2.45, 2.75) is 60.8 Å². The zero-order valence-electron chi connectivity index (χ0n) is 14.8. The SMILES string of the molecule is CC(C)CNCC(C)CN1CCCC(C(C)(C)C)CC1. The minimum atomic E-state index is 0.487. The third-order valence-electron chi connectivity index (χ3n) is 4.66. The Kier molecular flexibility index (Phi) is 7.53. The van der Waals surface area contributed by atoms with E-state index in [-0.39, 0.29) is 0 Å².